The Kier molecular flexibility index (Phi) is 4.67. The van der Waals surface area contributed by atoms with Gasteiger partial charge in [0.25, 0.3) is 5.91 Å². The third-order valence-electron chi connectivity index (χ3n) is 3.29. The van der Waals surface area contributed by atoms with Crippen LogP contribution in [0.4, 0.5) is 4.39 Å². The summed E-state index contributed by atoms with van der Waals surface area (Å²) in [5.74, 6) is -0.382. The summed E-state index contributed by atoms with van der Waals surface area (Å²) in [6, 6.07) is 4.92. The summed E-state index contributed by atoms with van der Waals surface area (Å²) in [4.78, 5) is 11.9. The first-order chi connectivity index (χ1) is 7.97. The van der Waals surface area contributed by atoms with Crippen molar-refractivity contribution in [3.05, 3.63) is 35.1 Å². The molecule has 3 heteroatoms. The maximum Gasteiger partial charge on any atom is 0.254 e. The molecule has 17 heavy (non-hydrogen) atoms. The highest BCUT2D eigenvalue weighted by atomic mass is 19.1. The van der Waals surface area contributed by atoms with E-state index in [2.05, 4.69) is 19.2 Å². The first-order valence-electron chi connectivity index (χ1n) is 6.03. The Morgan fingerprint density at radius 1 is 1.41 bits per heavy atom. The number of halogens is 1. The molecule has 0 saturated carbocycles. The lowest BCUT2D eigenvalue weighted by atomic mass is 10.0. The number of benzene rings is 1. The number of carbonyl (C=O) groups excluding carboxylic acids is 1. The van der Waals surface area contributed by atoms with E-state index in [1.165, 1.54) is 6.07 Å². The minimum Gasteiger partial charge on any atom is -0.349 e. The van der Waals surface area contributed by atoms with Crippen molar-refractivity contribution < 1.29 is 9.18 Å². The summed E-state index contributed by atoms with van der Waals surface area (Å²) in [6.07, 6.45) is 0.984. The molecule has 1 aromatic rings. The zero-order chi connectivity index (χ0) is 13.0. The number of hydrogen-bond acceptors (Lipinski definition) is 1. The van der Waals surface area contributed by atoms with Crippen LogP contribution in [-0.4, -0.2) is 11.9 Å². The SMILES string of the molecule is CCC(C)C(C)NC(=O)c1cccc(C)c1F. The first kappa shape index (κ1) is 13.7. The number of carbonyl (C=O) groups is 1. The second-order valence-electron chi connectivity index (χ2n) is 4.58. The van der Waals surface area contributed by atoms with Gasteiger partial charge in [0.05, 0.1) is 5.56 Å². The van der Waals surface area contributed by atoms with E-state index in [9.17, 15) is 9.18 Å². The van der Waals surface area contributed by atoms with Gasteiger partial charge in [-0.15, -0.1) is 0 Å². The van der Waals surface area contributed by atoms with Crippen LogP contribution in [0.5, 0.6) is 0 Å². The van der Waals surface area contributed by atoms with Gasteiger partial charge in [-0.1, -0.05) is 32.4 Å². The molecule has 1 N–H and O–H groups in total. The second-order valence-corrected chi connectivity index (χ2v) is 4.58. The fraction of sp³-hybridized carbons (Fsp3) is 0.500. The zero-order valence-electron chi connectivity index (χ0n) is 10.9. The van der Waals surface area contributed by atoms with Gasteiger partial charge in [0.2, 0.25) is 0 Å². The maximum atomic E-state index is 13.7. The first-order valence-corrected chi connectivity index (χ1v) is 6.03. The summed E-state index contributed by atoms with van der Waals surface area (Å²) >= 11 is 0. The fourth-order valence-electron chi connectivity index (χ4n) is 1.60. The normalized spacial score (nSPS) is 14.2. The molecule has 0 radical (unpaired) electrons. The number of aryl methyl sites for hydroxylation is 1. The van der Waals surface area contributed by atoms with Crippen molar-refractivity contribution in [2.24, 2.45) is 5.92 Å². The molecular weight excluding hydrogens is 217 g/mol. The predicted molar refractivity (Wildman–Crippen MR) is 67.5 cm³/mol. The van der Waals surface area contributed by atoms with Crippen LogP contribution >= 0.6 is 0 Å². The molecule has 0 aromatic heterocycles. The third-order valence-corrected chi connectivity index (χ3v) is 3.29. The molecule has 1 amide bonds. The molecule has 0 heterocycles. The molecule has 0 spiro atoms. The Hall–Kier alpha value is -1.38. The van der Waals surface area contributed by atoms with E-state index in [0.29, 0.717) is 11.5 Å². The Morgan fingerprint density at radius 3 is 2.65 bits per heavy atom. The molecule has 2 atom stereocenters. The van der Waals surface area contributed by atoms with Crippen LogP contribution in [0.25, 0.3) is 0 Å². The number of nitrogens with one attached hydrogen (secondary N) is 1. The molecule has 0 bridgehead atoms. The average molecular weight is 237 g/mol. The van der Waals surface area contributed by atoms with Gasteiger partial charge >= 0.3 is 0 Å². The lowest BCUT2D eigenvalue weighted by Gasteiger charge is -2.20. The smallest absolute Gasteiger partial charge is 0.254 e. The summed E-state index contributed by atoms with van der Waals surface area (Å²) in [6.45, 7) is 7.74. The minimum atomic E-state index is -0.429. The van der Waals surface area contributed by atoms with Gasteiger partial charge < -0.3 is 5.32 Å². The fourth-order valence-corrected chi connectivity index (χ4v) is 1.60. The Labute approximate surface area is 102 Å². The predicted octanol–water partition coefficient (Wildman–Crippen LogP) is 3.30. The molecule has 0 saturated heterocycles. The van der Waals surface area contributed by atoms with Crippen LogP contribution in [0, 0.1) is 18.7 Å². The molecule has 1 aromatic carbocycles. The van der Waals surface area contributed by atoms with E-state index < -0.39 is 5.82 Å². The van der Waals surface area contributed by atoms with Gasteiger partial charge in [0.15, 0.2) is 0 Å². The van der Waals surface area contributed by atoms with Crippen molar-refractivity contribution in [1.82, 2.24) is 5.32 Å². The Balaban J connectivity index is 2.80. The van der Waals surface area contributed by atoms with Crippen LogP contribution in [0.1, 0.15) is 43.1 Å². The standard InChI is InChI=1S/C14H20FNO/c1-5-9(2)11(4)16-14(17)12-8-6-7-10(3)13(12)15/h6-9,11H,5H2,1-4H3,(H,16,17). The number of rotatable bonds is 4. The molecule has 0 aliphatic rings. The number of hydrogen-bond donors (Lipinski definition) is 1. The van der Waals surface area contributed by atoms with E-state index in [1.807, 2.05) is 6.92 Å². The lowest BCUT2D eigenvalue weighted by Crippen LogP contribution is -2.37. The van der Waals surface area contributed by atoms with Crippen molar-refractivity contribution >= 4 is 5.91 Å². The topological polar surface area (TPSA) is 29.1 Å². The highest BCUT2D eigenvalue weighted by molar-refractivity contribution is 5.94. The molecule has 0 fully saturated rings. The van der Waals surface area contributed by atoms with Crippen LogP contribution in [0.15, 0.2) is 18.2 Å². The van der Waals surface area contributed by atoms with Crippen LogP contribution < -0.4 is 5.32 Å². The van der Waals surface area contributed by atoms with E-state index >= 15 is 0 Å². The monoisotopic (exact) mass is 237 g/mol. The van der Waals surface area contributed by atoms with Gasteiger partial charge in [0, 0.05) is 6.04 Å². The van der Waals surface area contributed by atoms with E-state index in [4.69, 9.17) is 0 Å². The van der Waals surface area contributed by atoms with E-state index in [-0.39, 0.29) is 17.5 Å². The largest absolute Gasteiger partial charge is 0.349 e. The highest BCUT2D eigenvalue weighted by Crippen LogP contribution is 2.13. The lowest BCUT2D eigenvalue weighted by molar-refractivity contribution is 0.0924. The summed E-state index contributed by atoms with van der Waals surface area (Å²) < 4.78 is 13.7. The molecule has 2 unspecified atom stereocenters. The molecule has 2 nitrogen and oxygen atoms in total. The van der Waals surface area contributed by atoms with E-state index in [1.54, 1.807) is 19.1 Å². The second kappa shape index (κ2) is 5.80. The van der Waals surface area contributed by atoms with Gasteiger partial charge in [-0.2, -0.15) is 0 Å². The quantitative estimate of drug-likeness (QED) is 0.855. The van der Waals surface area contributed by atoms with Crippen LogP contribution in [0.2, 0.25) is 0 Å². The van der Waals surface area contributed by atoms with Gasteiger partial charge in [-0.3, -0.25) is 4.79 Å². The molecule has 0 aliphatic carbocycles. The molecule has 0 aliphatic heterocycles. The summed E-state index contributed by atoms with van der Waals surface area (Å²) in [7, 11) is 0. The minimum absolute atomic E-state index is 0.0485. The van der Waals surface area contributed by atoms with Crippen molar-refractivity contribution in [3.8, 4) is 0 Å². The number of amides is 1. The van der Waals surface area contributed by atoms with Crippen molar-refractivity contribution in [2.75, 3.05) is 0 Å². The van der Waals surface area contributed by atoms with Crippen LogP contribution in [-0.2, 0) is 0 Å². The highest BCUT2D eigenvalue weighted by Gasteiger charge is 2.17. The Bertz CT molecular complexity index is 403. The van der Waals surface area contributed by atoms with Crippen molar-refractivity contribution in [3.63, 3.8) is 0 Å². The van der Waals surface area contributed by atoms with Crippen molar-refractivity contribution in [2.45, 2.75) is 40.2 Å². The molecular formula is C14H20FNO. The summed E-state index contributed by atoms with van der Waals surface area (Å²) in [5.41, 5.74) is 0.619. The van der Waals surface area contributed by atoms with Crippen LogP contribution in [0.3, 0.4) is 0 Å². The summed E-state index contributed by atoms with van der Waals surface area (Å²) in [5, 5.41) is 2.84. The molecule has 94 valence electrons. The molecule has 1 rings (SSSR count). The zero-order valence-corrected chi connectivity index (χ0v) is 10.9. The van der Waals surface area contributed by atoms with Gasteiger partial charge in [-0.05, 0) is 31.4 Å². The van der Waals surface area contributed by atoms with Crippen molar-refractivity contribution in [1.29, 1.82) is 0 Å². The van der Waals surface area contributed by atoms with Gasteiger partial charge in [0.1, 0.15) is 5.82 Å². The van der Waals surface area contributed by atoms with E-state index in [0.717, 1.165) is 6.42 Å². The average Bonchev–Trinajstić information content (AvgIpc) is 2.31. The third kappa shape index (κ3) is 3.29. The Morgan fingerprint density at radius 2 is 2.06 bits per heavy atom. The maximum absolute atomic E-state index is 13.7. The van der Waals surface area contributed by atoms with Gasteiger partial charge in [-0.25, -0.2) is 4.39 Å².